The largest absolute Gasteiger partial charge is 0.391 e. The van der Waals surface area contributed by atoms with Gasteiger partial charge in [0.15, 0.2) is 5.67 Å². The van der Waals surface area contributed by atoms with E-state index < -0.39 is 35.7 Å². The minimum Gasteiger partial charge on any atom is -0.391 e. The highest BCUT2D eigenvalue weighted by atomic mass is 32.1. The lowest BCUT2D eigenvalue weighted by atomic mass is 9.85. The van der Waals surface area contributed by atoms with E-state index in [4.69, 9.17) is 0 Å². The Kier molecular flexibility index (Phi) is 8.71. The summed E-state index contributed by atoms with van der Waals surface area (Å²) in [5, 5.41) is 15.9. The Hall–Kier alpha value is -2.85. The van der Waals surface area contributed by atoms with Crippen LogP contribution in [0.15, 0.2) is 23.7 Å². The highest BCUT2D eigenvalue weighted by molar-refractivity contribution is 7.13. The summed E-state index contributed by atoms with van der Waals surface area (Å²) in [7, 11) is 0. The van der Waals surface area contributed by atoms with Gasteiger partial charge in [0.1, 0.15) is 12.1 Å². The van der Waals surface area contributed by atoms with Crippen molar-refractivity contribution < 1.29 is 23.9 Å². The number of alkyl halides is 1. The fourth-order valence-corrected chi connectivity index (χ4v) is 5.96. The molecule has 3 atom stereocenters. The molecule has 3 N–H and O–H groups in total. The molecule has 1 saturated carbocycles. The van der Waals surface area contributed by atoms with Gasteiger partial charge in [-0.25, -0.2) is 9.37 Å². The van der Waals surface area contributed by atoms with Gasteiger partial charge in [0.25, 0.3) is 5.91 Å². The average Bonchev–Trinajstić information content (AvgIpc) is 3.28. The molecule has 1 aliphatic heterocycles. The fraction of sp³-hybridized carbons (Fsp3) is 0.600. The zero-order valence-electron chi connectivity index (χ0n) is 24.2. The quantitative estimate of drug-likeness (QED) is 0.422. The van der Waals surface area contributed by atoms with Crippen molar-refractivity contribution in [3.8, 4) is 10.4 Å². The van der Waals surface area contributed by atoms with Crippen molar-refractivity contribution in [3.05, 3.63) is 40.5 Å². The summed E-state index contributed by atoms with van der Waals surface area (Å²) >= 11 is 1.60. The highest BCUT2D eigenvalue weighted by Gasteiger charge is 2.52. The maximum Gasteiger partial charge on any atom is 0.258 e. The number of nitrogens with one attached hydrogen (secondary N) is 2. The molecule has 40 heavy (non-hydrogen) atoms. The number of aliphatic hydroxyl groups excluding tert-OH is 1. The van der Waals surface area contributed by atoms with Crippen molar-refractivity contribution in [1.29, 1.82) is 0 Å². The second-order valence-corrected chi connectivity index (χ2v) is 13.6. The van der Waals surface area contributed by atoms with Crippen LogP contribution in [0, 0.1) is 18.3 Å². The number of carbonyl (C=O) groups is 3. The van der Waals surface area contributed by atoms with Crippen LogP contribution < -0.4 is 10.6 Å². The highest BCUT2D eigenvalue weighted by Crippen LogP contribution is 2.40. The summed E-state index contributed by atoms with van der Waals surface area (Å²) in [5.74, 6) is -1.96. The van der Waals surface area contributed by atoms with Crippen LogP contribution >= 0.6 is 11.3 Å². The lowest BCUT2D eigenvalue weighted by Gasteiger charge is -2.30. The van der Waals surface area contributed by atoms with Crippen LogP contribution in [-0.2, 0) is 27.3 Å². The standard InChI is InChI=1S/C30H41FN4O4S/c1-17(2)24(34-28(39)30(31)9-10-30)27(38)35-15-22(36)12-23(35)26(37)32-14-20-8-7-19(25-18(3)33-16-40-25)11-21(20)13-29(4,5)6/h7-8,11,16-17,22-24,36H,9-10,12-15H2,1-6H3,(H,32,37)(H,34,39)/t22-,23+,24+/m1/s1. The number of aromatic nitrogens is 1. The molecule has 1 aromatic carbocycles. The van der Waals surface area contributed by atoms with Crippen LogP contribution in [0.1, 0.15) is 70.7 Å². The lowest BCUT2D eigenvalue weighted by molar-refractivity contribution is -0.143. The number of benzene rings is 1. The fourth-order valence-electron chi connectivity index (χ4n) is 5.16. The lowest BCUT2D eigenvalue weighted by Crippen LogP contribution is -2.56. The van der Waals surface area contributed by atoms with Gasteiger partial charge >= 0.3 is 0 Å². The van der Waals surface area contributed by atoms with E-state index in [1.165, 1.54) is 4.90 Å². The molecule has 3 amide bonds. The molecule has 218 valence electrons. The van der Waals surface area contributed by atoms with Crippen LogP contribution in [0.4, 0.5) is 4.39 Å². The number of aliphatic hydroxyl groups is 1. The summed E-state index contributed by atoms with van der Waals surface area (Å²) in [4.78, 5) is 46.1. The summed E-state index contributed by atoms with van der Waals surface area (Å²) in [6, 6.07) is 4.36. The van der Waals surface area contributed by atoms with Crippen molar-refractivity contribution in [3.63, 3.8) is 0 Å². The maximum absolute atomic E-state index is 14.3. The van der Waals surface area contributed by atoms with E-state index >= 15 is 0 Å². The van der Waals surface area contributed by atoms with Crippen molar-refractivity contribution in [1.82, 2.24) is 20.5 Å². The van der Waals surface area contributed by atoms with Crippen LogP contribution in [0.5, 0.6) is 0 Å². The zero-order chi connectivity index (χ0) is 29.4. The van der Waals surface area contributed by atoms with E-state index in [0.717, 1.165) is 33.7 Å². The maximum atomic E-state index is 14.3. The average molecular weight is 573 g/mol. The number of hydrogen-bond acceptors (Lipinski definition) is 6. The summed E-state index contributed by atoms with van der Waals surface area (Å²) in [5.41, 5.74) is 4.12. The Bertz CT molecular complexity index is 1270. The van der Waals surface area contributed by atoms with E-state index in [2.05, 4.69) is 42.5 Å². The molecular formula is C30H41FN4O4S. The SMILES string of the molecule is Cc1ncsc1-c1ccc(CNC(=O)[C@@H]2C[C@@H](O)CN2C(=O)[C@@H](NC(=O)C2(F)CC2)C(C)C)c(CC(C)(C)C)c1. The normalized spacial score (nSPS) is 20.9. The number of thiazole rings is 1. The third kappa shape index (κ3) is 6.89. The minimum absolute atomic E-state index is 0.0189. The molecule has 1 aliphatic carbocycles. The Balaban J connectivity index is 1.49. The van der Waals surface area contributed by atoms with E-state index in [0.29, 0.717) is 0 Å². The van der Waals surface area contributed by atoms with Gasteiger partial charge in [-0.3, -0.25) is 14.4 Å². The number of β-amino-alcohol motifs (C(OH)–C–C–N with tert-alkyl or cyclic N) is 1. The Morgan fingerprint density at radius 2 is 1.93 bits per heavy atom. The zero-order valence-corrected chi connectivity index (χ0v) is 25.0. The predicted octanol–water partition coefficient (Wildman–Crippen LogP) is 3.93. The predicted molar refractivity (Wildman–Crippen MR) is 153 cm³/mol. The number of rotatable bonds is 9. The molecule has 0 unspecified atom stereocenters. The first-order valence-corrected chi connectivity index (χ1v) is 14.8. The third-order valence-corrected chi connectivity index (χ3v) is 8.55. The second kappa shape index (κ2) is 11.6. The molecule has 2 heterocycles. The molecule has 10 heteroatoms. The minimum atomic E-state index is -1.91. The first kappa shape index (κ1) is 30.1. The Labute approximate surface area is 239 Å². The number of halogens is 1. The van der Waals surface area contributed by atoms with E-state index in [1.807, 2.05) is 24.6 Å². The van der Waals surface area contributed by atoms with Gasteiger partial charge in [-0.2, -0.15) is 0 Å². The number of amides is 3. The number of aryl methyl sites for hydroxylation is 1. The van der Waals surface area contributed by atoms with Gasteiger partial charge in [-0.15, -0.1) is 11.3 Å². The number of likely N-dealkylation sites (tertiary alicyclic amines) is 1. The Morgan fingerprint density at radius 3 is 2.50 bits per heavy atom. The van der Waals surface area contributed by atoms with Gasteiger partial charge in [0.05, 0.1) is 22.2 Å². The summed E-state index contributed by atoms with van der Waals surface area (Å²) in [6.45, 7) is 12.3. The molecule has 0 bridgehead atoms. The first-order valence-electron chi connectivity index (χ1n) is 14.0. The van der Waals surface area contributed by atoms with Crippen molar-refractivity contribution in [2.24, 2.45) is 11.3 Å². The van der Waals surface area contributed by atoms with Crippen molar-refractivity contribution in [2.45, 2.75) is 97.6 Å². The molecule has 4 rings (SSSR count). The summed E-state index contributed by atoms with van der Waals surface area (Å²) < 4.78 is 14.3. The van der Waals surface area contributed by atoms with E-state index in [9.17, 15) is 23.9 Å². The van der Waals surface area contributed by atoms with E-state index in [-0.39, 0.29) is 49.6 Å². The smallest absolute Gasteiger partial charge is 0.258 e. The molecule has 0 radical (unpaired) electrons. The van der Waals surface area contributed by atoms with Crippen LogP contribution in [0.2, 0.25) is 0 Å². The third-order valence-electron chi connectivity index (χ3n) is 7.57. The second-order valence-electron chi connectivity index (χ2n) is 12.8. The number of carbonyl (C=O) groups excluding carboxylic acids is 3. The van der Waals surface area contributed by atoms with E-state index in [1.54, 1.807) is 25.2 Å². The van der Waals surface area contributed by atoms with Crippen LogP contribution in [0.25, 0.3) is 10.4 Å². The van der Waals surface area contributed by atoms with Crippen molar-refractivity contribution in [2.75, 3.05) is 6.54 Å². The molecule has 2 aliphatic rings. The molecule has 2 aromatic rings. The molecular weight excluding hydrogens is 531 g/mol. The monoisotopic (exact) mass is 572 g/mol. The first-order chi connectivity index (χ1) is 18.7. The van der Waals surface area contributed by atoms with Gasteiger partial charge in [-0.1, -0.05) is 46.8 Å². The van der Waals surface area contributed by atoms with Crippen LogP contribution in [-0.4, -0.2) is 63.1 Å². The summed E-state index contributed by atoms with van der Waals surface area (Å²) in [6.07, 6.45) is 0.336. The molecule has 2 fully saturated rings. The van der Waals surface area contributed by atoms with Gasteiger partial charge in [-0.05, 0) is 60.3 Å². The number of nitrogens with zero attached hydrogens (tertiary/aromatic N) is 2. The number of hydrogen-bond donors (Lipinski definition) is 3. The van der Waals surface area contributed by atoms with Crippen LogP contribution in [0.3, 0.4) is 0 Å². The van der Waals surface area contributed by atoms with Crippen molar-refractivity contribution >= 4 is 29.1 Å². The molecule has 0 spiro atoms. The molecule has 1 aromatic heterocycles. The molecule has 1 saturated heterocycles. The van der Waals surface area contributed by atoms with Gasteiger partial charge in [0.2, 0.25) is 11.8 Å². The van der Waals surface area contributed by atoms with Gasteiger partial charge in [0, 0.05) is 19.5 Å². The van der Waals surface area contributed by atoms with Gasteiger partial charge < -0.3 is 20.6 Å². The topological polar surface area (TPSA) is 112 Å². The molecule has 8 nitrogen and oxygen atoms in total. The Morgan fingerprint density at radius 1 is 1.23 bits per heavy atom.